The van der Waals surface area contributed by atoms with E-state index >= 15 is 0 Å². The van der Waals surface area contributed by atoms with Crippen LogP contribution in [-0.2, 0) is 4.79 Å². The van der Waals surface area contributed by atoms with E-state index in [1.807, 2.05) is 32.0 Å². The summed E-state index contributed by atoms with van der Waals surface area (Å²) < 4.78 is 32.3. The largest absolute Gasteiger partial charge is 0.490 e. The minimum Gasteiger partial charge on any atom is -0.490 e. The van der Waals surface area contributed by atoms with E-state index in [0.717, 1.165) is 5.84 Å². The lowest BCUT2D eigenvalue weighted by Gasteiger charge is -2.26. The number of fused-ring (bicyclic) bond motifs is 1. The van der Waals surface area contributed by atoms with Crippen molar-refractivity contribution >= 4 is 17.4 Å². The standard InChI is InChI=1S/C23H27FN4O4/c1-14-25-12-18(26-14)15-10-21(30-9-8-28(2)3)17(11-16(15)24)27-23(29)22-13-31-19-6-4-5-7-20(19)32-22/h4-7,10-11,18,22H,8-9,12-13H2,1-3H3,(H,25,26)(H,27,29). The number of anilines is 1. The van der Waals surface area contributed by atoms with E-state index in [0.29, 0.717) is 42.5 Å². The molecule has 2 unspecified atom stereocenters. The topological polar surface area (TPSA) is 84.4 Å². The summed E-state index contributed by atoms with van der Waals surface area (Å²) in [5.74, 6) is 1.33. The van der Waals surface area contributed by atoms with Crippen molar-refractivity contribution in [3.8, 4) is 17.2 Å². The van der Waals surface area contributed by atoms with Gasteiger partial charge in [-0.2, -0.15) is 0 Å². The van der Waals surface area contributed by atoms with Gasteiger partial charge in [0.15, 0.2) is 11.5 Å². The van der Waals surface area contributed by atoms with E-state index in [2.05, 4.69) is 15.6 Å². The molecule has 0 saturated carbocycles. The molecule has 2 aromatic carbocycles. The molecule has 170 valence electrons. The Balaban J connectivity index is 1.53. The fraction of sp³-hybridized carbons (Fsp3) is 0.391. The van der Waals surface area contributed by atoms with Crippen LogP contribution in [0.15, 0.2) is 41.4 Å². The zero-order valence-electron chi connectivity index (χ0n) is 18.4. The second-order valence-electron chi connectivity index (χ2n) is 8.00. The smallest absolute Gasteiger partial charge is 0.269 e. The fourth-order valence-corrected chi connectivity index (χ4v) is 3.50. The number of para-hydroxylation sites is 2. The molecule has 0 fully saturated rings. The molecule has 0 saturated heterocycles. The van der Waals surface area contributed by atoms with Crippen molar-refractivity contribution in [2.75, 3.05) is 45.7 Å². The number of nitrogens with one attached hydrogen (secondary N) is 2. The average molecular weight is 442 g/mol. The zero-order valence-corrected chi connectivity index (χ0v) is 18.4. The maximum Gasteiger partial charge on any atom is 0.269 e. The number of likely N-dealkylation sites (N-methyl/N-ethyl adjacent to an activating group) is 1. The minimum absolute atomic E-state index is 0.0584. The number of carbonyl (C=O) groups excluding carboxylic acids is 1. The van der Waals surface area contributed by atoms with Crippen LogP contribution in [0, 0.1) is 5.82 Å². The van der Waals surface area contributed by atoms with Gasteiger partial charge in [-0.15, -0.1) is 0 Å². The van der Waals surface area contributed by atoms with Crippen LogP contribution in [0.25, 0.3) is 0 Å². The lowest BCUT2D eigenvalue weighted by molar-refractivity contribution is -0.125. The molecule has 0 aromatic heterocycles. The molecule has 2 aliphatic rings. The van der Waals surface area contributed by atoms with E-state index in [9.17, 15) is 9.18 Å². The normalized spacial score (nSPS) is 19.3. The molecule has 1 amide bonds. The van der Waals surface area contributed by atoms with E-state index in [4.69, 9.17) is 14.2 Å². The molecule has 8 nitrogen and oxygen atoms in total. The number of amides is 1. The number of benzene rings is 2. The van der Waals surface area contributed by atoms with Crippen molar-refractivity contribution in [1.82, 2.24) is 10.2 Å². The van der Waals surface area contributed by atoms with E-state index < -0.39 is 17.8 Å². The number of nitrogens with zero attached hydrogens (tertiary/aromatic N) is 2. The third-order valence-corrected chi connectivity index (χ3v) is 5.22. The van der Waals surface area contributed by atoms with Crippen LogP contribution in [0.5, 0.6) is 17.2 Å². The lowest BCUT2D eigenvalue weighted by atomic mass is 10.1. The summed E-state index contributed by atoms with van der Waals surface area (Å²) in [4.78, 5) is 19.1. The molecular weight excluding hydrogens is 415 g/mol. The quantitative estimate of drug-likeness (QED) is 0.686. The predicted octanol–water partition coefficient (Wildman–Crippen LogP) is 2.61. The number of amidine groups is 1. The van der Waals surface area contributed by atoms with Gasteiger partial charge in [-0.05, 0) is 39.2 Å². The minimum atomic E-state index is -0.866. The van der Waals surface area contributed by atoms with Crippen molar-refractivity contribution in [2.45, 2.75) is 19.1 Å². The van der Waals surface area contributed by atoms with Crippen LogP contribution in [0.4, 0.5) is 10.1 Å². The van der Waals surface area contributed by atoms with E-state index in [1.165, 1.54) is 6.07 Å². The Morgan fingerprint density at radius 3 is 2.81 bits per heavy atom. The summed E-state index contributed by atoms with van der Waals surface area (Å²) in [5, 5.41) is 5.90. The second-order valence-corrected chi connectivity index (χ2v) is 8.00. The van der Waals surface area contributed by atoms with Gasteiger partial charge >= 0.3 is 0 Å². The zero-order chi connectivity index (χ0) is 22.7. The van der Waals surface area contributed by atoms with Gasteiger partial charge in [0, 0.05) is 18.2 Å². The monoisotopic (exact) mass is 442 g/mol. The van der Waals surface area contributed by atoms with Crippen molar-refractivity contribution < 1.29 is 23.4 Å². The fourth-order valence-electron chi connectivity index (χ4n) is 3.50. The molecule has 0 radical (unpaired) electrons. The maximum absolute atomic E-state index is 15.0. The number of carbonyl (C=O) groups is 1. The Labute approximate surface area is 186 Å². The second kappa shape index (κ2) is 9.44. The van der Waals surface area contributed by atoms with Crippen LogP contribution < -0.4 is 24.8 Å². The molecule has 0 bridgehead atoms. The first-order chi connectivity index (χ1) is 15.4. The molecule has 2 heterocycles. The molecule has 0 aliphatic carbocycles. The molecule has 0 spiro atoms. The highest BCUT2D eigenvalue weighted by atomic mass is 19.1. The van der Waals surface area contributed by atoms with Gasteiger partial charge < -0.3 is 29.7 Å². The Morgan fingerprint density at radius 1 is 1.31 bits per heavy atom. The summed E-state index contributed by atoms with van der Waals surface area (Å²) in [6, 6.07) is 9.77. The van der Waals surface area contributed by atoms with Gasteiger partial charge in [-0.25, -0.2) is 4.39 Å². The summed E-state index contributed by atoms with van der Waals surface area (Å²) in [6.07, 6.45) is -0.866. The Bertz CT molecular complexity index is 1030. The van der Waals surface area contributed by atoms with Crippen LogP contribution in [-0.4, -0.2) is 63.1 Å². The number of halogens is 1. The van der Waals surface area contributed by atoms with Gasteiger partial charge in [0.05, 0.1) is 24.1 Å². The molecule has 4 rings (SSSR count). The van der Waals surface area contributed by atoms with E-state index in [-0.39, 0.29) is 18.3 Å². The third-order valence-electron chi connectivity index (χ3n) is 5.22. The van der Waals surface area contributed by atoms with Crippen LogP contribution in [0.3, 0.4) is 0 Å². The maximum atomic E-state index is 15.0. The Kier molecular flexibility index (Phi) is 6.45. The Morgan fingerprint density at radius 2 is 2.09 bits per heavy atom. The van der Waals surface area contributed by atoms with Crippen LogP contribution in [0.1, 0.15) is 18.5 Å². The summed E-state index contributed by atoms with van der Waals surface area (Å²) in [7, 11) is 3.87. The number of aliphatic imine (C=N–C) groups is 1. The van der Waals surface area contributed by atoms with Crippen LogP contribution in [0.2, 0.25) is 0 Å². The van der Waals surface area contributed by atoms with Crippen molar-refractivity contribution in [3.05, 3.63) is 47.8 Å². The molecule has 2 aliphatic heterocycles. The number of ether oxygens (including phenoxy) is 3. The molecule has 2 atom stereocenters. The average Bonchev–Trinajstić information content (AvgIpc) is 3.20. The van der Waals surface area contributed by atoms with Crippen LogP contribution >= 0.6 is 0 Å². The van der Waals surface area contributed by atoms with Gasteiger partial charge in [-0.1, -0.05) is 12.1 Å². The molecule has 9 heteroatoms. The SMILES string of the molecule is CC1=NCC(c2cc(OCCN(C)C)c(NC(=O)C3COc4ccccc4O3)cc2F)N1. The number of rotatable bonds is 7. The predicted molar refractivity (Wildman–Crippen MR) is 119 cm³/mol. The summed E-state index contributed by atoms with van der Waals surface area (Å²) in [6.45, 7) is 3.39. The third kappa shape index (κ3) is 4.94. The van der Waals surface area contributed by atoms with E-state index in [1.54, 1.807) is 24.3 Å². The molecular formula is C23H27FN4O4. The lowest BCUT2D eigenvalue weighted by Crippen LogP contribution is -2.40. The first-order valence-electron chi connectivity index (χ1n) is 10.5. The number of hydrogen-bond acceptors (Lipinski definition) is 7. The van der Waals surface area contributed by atoms with Gasteiger partial charge in [0.2, 0.25) is 6.10 Å². The van der Waals surface area contributed by atoms with Crippen molar-refractivity contribution in [3.63, 3.8) is 0 Å². The first-order valence-corrected chi connectivity index (χ1v) is 10.5. The highest BCUT2D eigenvalue weighted by molar-refractivity contribution is 5.96. The van der Waals surface area contributed by atoms with Crippen molar-refractivity contribution in [1.29, 1.82) is 0 Å². The summed E-state index contributed by atoms with van der Waals surface area (Å²) in [5.41, 5.74) is 0.683. The molecule has 32 heavy (non-hydrogen) atoms. The molecule has 2 N–H and O–H groups in total. The molecule has 2 aromatic rings. The Hall–Kier alpha value is -3.33. The van der Waals surface area contributed by atoms with Gasteiger partial charge in [0.1, 0.15) is 24.8 Å². The summed E-state index contributed by atoms with van der Waals surface area (Å²) >= 11 is 0. The number of hydrogen-bond donors (Lipinski definition) is 2. The van der Waals surface area contributed by atoms with Crippen molar-refractivity contribution in [2.24, 2.45) is 4.99 Å². The highest BCUT2D eigenvalue weighted by Gasteiger charge is 2.29. The van der Waals surface area contributed by atoms with Gasteiger partial charge in [0.25, 0.3) is 5.91 Å². The highest BCUT2D eigenvalue weighted by Crippen LogP contribution is 2.34. The first kappa shape index (κ1) is 21.9. The van der Waals surface area contributed by atoms with Gasteiger partial charge in [-0.3, -0.25) is 9.79 Å².